The Morgan fingerprint density at radius 2 is 1.43 bits per heavy atom. The van der Waals surface area contributed by atoms with Crippen LogP contribution in [0.5, 0.6) is 0 Å². The number of alkyl halides is 2. The molecule has 0 aliphatic carbocycles. The Kier molecular flexibility index (Phi) is 2.78. The van der Waals surface area contributed by atoms with E-state index in [9.17, 15) is 8.78 Å². The fourth-order valence-corrected chi connectivity index (χ4v) is 0.160. The molecule has 7 heavy (non-hydrogen) atoms. The zero-order chi connectivity index (χ0) is 5.86. The van der Waals surface area contributed by atoms with E-state index in [0.717, 1.165) is 0 Å². The second kappa shape index (κ2) is 2.87. The lowest BCUT2D eigenvalue weighted by atomic mass is 10.4. The van der Waals surface area contributed by atoms with Crippen LogP contribution in [0, 0.1) is 0 Å². The first kappa shape index (κ1) is 6.78. The minimum absolute atomic E-state index is 0.861. The molecule has 0 amide bonds. The van der Waals surface area contributed by atoms with Crippen molar-refractivity contribution in [1.82, 2.24) is 0 Å². The van der Waals surface area contributed by atoms with Crippen LogP contribution in [0.2, 0.25) is 0 Å². The Bertz CT molecular complexity index is 40.2. The Morgan fingerprint density at radius 1 is 1.14 bits per heavy atom. The van der Waals surface area contributed by atoms with Crippen molar-refractivity contribution in [3.8, 4) is 0 Å². The van der Waals surface area contributed by atoms with Crippen LogP contribution >= 0.6 is 0 Å². The van der Waals surface area contributed by atoms with Crippen LogP contribution in [0.15, 0.2) is 0 Å². The van der Waals surface area contributed by atoms with Crippen molar-refractivity contribution in [3.05, 3.63) is 0 Å². The number of rotatable bonds is 2. The number of hydrogen-bond donors (Lipinski definition) is 2. The topological polar surface area (TPSA) is 40.5 Å². The summed E-state index contributed by atoms with van der Waals surface area (Å²) in [6, 6.07) is 0. The first-order valence-corrected chi connectivity index (χ1v) is 1.77. The highest BCUT2D eigenvalue weighted by atomic mass is 19.2. The average molecular weight is 112 g/mol. The molecule has 2 nitrogen and oxygen atoms in total. The molecule has 0 aliphatic rings. The molecule has 0 radical (unpaired) electrons. The van der Waals surface area contributed by atoms with Gasteiger partial charge >= 0.3 is 0 Å². The molecule has 0 aromatic carbocycles. The van der Waals surface area contributed by atoms with Crippen LogP contribution in [0.1, 0.15) is 6.42 Å². The summed E-state index contributed by atoms with van der Waals surface area (Å²) in [6.07, 6.45) is -5.36. The minimum Gasteiger partial charge on any atom is -0.364 e. The molecule has 0 rings (SSSR count). The molecule has 2 N–H and O–H groups in total. The molecule has 44 valence electrons. The maximum absolute atomic E-state index is 11.1. The zero-order valence-electron chi connectivity index (χ0n) is 3.51. The van der Waals surface area contributed by atoms with Gasteiger partial charge in [-0.1, -0.05) is 0 Å². The Labute approximate surface area is 39.4 Å². The smallest absolute Gasteiger partial charge is 0.201 e. The molecule has 0 heterocycles. The summed E-state index contributed by atoms with van der Waals surface area (Å²) in [6.45, 7) is 0. The molecular weight excluding hydrogens is 106 g/mol. The minimum atomic E-state index is -2.25. The van der Waals surface area contributed by atoms with Gasteiger partial charge in [-0.2, -0.15) is 0 Å². The second-order valence-electron chi connectivity index (χ2n) is 1.10. The number of hydrogen-bond acceptors (Lipinski definition) is 2. The van der Waals surface area contributed by atoms with Gasteiger partial charge in [0.15, 0.2) is 0 Å². The van der Waals surface area contributed by atoms with Crippen LogP contribution in [-0.4, -0.2) is 22.9 Å². The fraction of sp³-hybridized carbons (Fsp3) is 1.00. The largest absolute Gasteiger partial charge is 0.364 e. The van der Waals surface area contributed by atoms with Gasteiger partial charge in [-0.3, -0.25) is 0 Å². The summed E-state index contributed by atoms with van der Waals surface area (Å²) in [5, 5.41) is 15.3. The zero-order valence-corrected chi connectivity index (χ0v) is 3.51. The Morgan fingerprint density at radius 3 is 1.43 bits per heavy atom. The highest BCUT2D eigenvalue weighted by Crippen LogP contribution is 1.98. The summed E-state index contributed by atoms with van der Waals surface area (Å²) >= 11 is 0. The van der Waals surface area contributed by atoms with E-state index in [1.165, 1.54) is 0 Å². The average Bonchev–Trinajstić information content (AvgIpc) is 1.27. The summed E-state index contributed by atoms with van der Waals surface area (Å²) in [5.41, 5.74) is 0. The van der Waals surface area contributed by atoms with Crippen molar-refractivity contribution in [2.24, 2.45) is 0 Å². The maximum atomic E-state index is 11.1. The normalized spacial score (nSPS) is 18.9. The van der Waals surface area contributed by atoms with E-state index in [4.69, 9.17) is 10.2 Å². The van der Waals surface area contributed by atoms with Crippen LogP contribution in [0.25, 0.3) is 0 Å². The lowest BCUT2D eigenvalue weighted by Gasteiger charge is -1.97. The maximum Gasteiger partial charge on any atom is 0.201 e. The molecule has 0 aliphatic heterocycles. The predicted molar refractivity (Wildman–Crippen MR) is 18.8 cm³/mol. The predicted octanol–water partition coefficient (Wildman–Crippen LogP) is -0.0477. The molecular formula is C3H6F2O2. The molecule has 4 heteroatoms. The molecule has 0 spiro atoms. The van der Waals surface area contributed by atoms with Crippen LogP contribution in [0.3, 0.4) is 0 Å². The first-order valence-electron chi connectivity index (χ1n) is 1.77. The van der Waals surface area contributed by atoms with Gasteiger partial charge in [-0.25, -0.2) is 8.78 Å². The highest BCUT2D eigenvalue weighted by molar-refractivity contribution is 4.38. The van der Waals surface area contributed by atoms with Gasteiger partial charge in [0, 0.05) is 0 Å². The number of aliphatic hydroxyl groups is 2. The molecule has 0 aromatic heterocycles. The van der Waals surface area contributed by atoms with Gasteiger partial charge in [0.25, 0.3) is 0 Å². The lowest BCUT2D eigenvalue weighted by molar-refractivity contribution is -0.0513. The van der Waals surface area contributed by atoms with Crippen LogP contribution in [-0.2, 0) is 0 Å². The Hall–Kier alpha value is -0.220. The third kappa shape index (κ3) is 5.78. The van der Waals surface area contributed by atoms with Crippen LogP contribution < -0.4 is 0 Å². The van der Waals surface area contributed by atoms with Crippen molar-refractivity contribution in [1.29, 1.82) is 0 Å². The van der Waals surface area contributed by atoms with Crippen molar-refractivity contribution in [2.75, 3.05) is 0 Å². The van der Waals surface area contributed by atoms with Crippen molar-refractivity contribution in [3.63, 3.8) is 0 Å². The summed E-state index contributed by atoms with van der Waals surface area (Å²) in [5.74, 6) is 0. The molecule has 2 atom stereocenters. The van der Waals surface area contributed by atoms with E-state index >= 15 is 0 Å². The van der Waals surface area contributed by atoms with Gasteiger partial charge in [-0.05, 0) is 0 Å². The summed E-state index contributed by atoms with van der Waals surface area (Å²) < 4.78 is 22.2. The lowest BCUT2D eigenvalue weighted by Crippen LogP contribution is -2.07. The van der Waals surface area contributed by atoms with Crippen molar-refractivity contribution < 1.29 is 19.0 Å². The van der Waals surface area contributed by atoms with E-state index in [-0.39, 0.29) is 0 Å². The molecule has 0 fully saturated rings. The third-order valence-electron chi connectivity index (χ3n) is 0.389. The Balaban J connectivity index is 2.95. The standard InChI is InChI=1S/C3H6F2O2/c4-2(6)1-3(5)7/h2-3,6-7H,1H2. The van der Waals surface area contributed by atoms with Crippen LogP contribution in [0.4, 0.5) is 8.78 Å². The molecule has 0 aromatic rings. The summed E-state index contributed by atoms with van der Waals surface area (Å²) in [7, 11) is 0. The molecule has 2 unspecified atom stereocenters. The summed E-state index contributed by atoms with van der Waals surface area (Å²) in [4.78, 5) is 0. The van der Waals surface area contributed by atoms with Gasteiger partial charge in [-0.15, -0.1) is 0 Å². The van der Waals surface area contributed by atoms with E-state index in [2.05, 4.69) is 0 Å². The van der Waals surface area contributed by atoms with E-state index < -0.39 is 19.1 Å². The van der Waals surface area contributed by atoms with Crippen molar-refractivity contribution in [2.45, 2.75) is 19.1 Å². The second-order valence-corrected chi connectivity index (χ2v) is 1.10. The van der Waals surface area contributed by atoms with E-state index in [1.54, 1.807) is 0 Å². The van der Waals surface area contributed by atoms with Gasteiger partial charge in [0.05, 0.1) is 6.42 Å². The number of halogens is 2. The third-order valence-corrected chi connectivity index (χ3v) is 0.389. The molecule has 0 saturated carbocycles. The SMILES string of the molecule is OC(F)CC(O)F. The highest BCUT2D eigenvalue weighted by Gasteiger charge is 2.06. The van der Waals surface area contributed by atoms with Gasteiger partial charge in [0.2, 0.25) is 12.7 Å². The quantitative estimate of drug-likeness (QED) is 0.525. The van der Waals surface area contributed by atoms with E-state index in [0.29, 0.717) is 0 Å². The van der Waals surface area contributed by atoms with Crippen molar-refractivity contribution >= 4 is 0 Å². The molecule has 0 saturated heterocycles. The van der Waals surface area contributed by atoms with Gasteiger partial charge in [0.1, 0.15) is 0 Å². The van der Waals surface area contributed by atoms with Gasteiger partial charge < -0.3 is 10.2 Å². The van der Waals surface area contributed by atoms with E-state index in [1.807, 2.05) is 0 Å². The fourth-order valence-electron chi connectivity index (χ4n) is 0.160. The molecule has 0 bridgehead atoms. The number of aliphatic hydroxyl groups excluding tert-OH is 2. The monoisotopic (exact) mass is 112 g/mol. The first-order chi connectivity index (χ1) is 3.13.